The lowest BCUT2D eigenvalue weighted by molar-refractivity contribution is -0.384. The van der Waals surface area contributed by atoms with Gasteiger partial charge in [0.1, 0.15) is 18.9 Å². The highest BCUT2D eigenvalue weighted by Gasteiger charge is 2.27. The molecule has 2 amide bonds. The summed E-state index contributed by atoms with van der Waals surface area (Å²) >= 11 is 0. The van der Waals surface area contributed by atoms with Crippen LogP contribution in [0.5, 0.6) is 0 Å². The number of carbonyl (C=O) groups excluding carboxylic acids is 2. The molecule has 0 radical (unpaired) electrons. The van der Waals surface area contributed by atoms with E-state index in [1.165, 1.54) is 18.2 Å². The number of hydrogen-bond acceptors (Lipinski definition) is 7. The number of nitrogens with zero attached hydrogens (tertiary/aromatic N) is 2. The summed E-state index contributed by atoms with van der Waals surface area (Å²) in [6.45, 7) is -0.283. The van der Waals surface area contributed by atoms with Crippen LogP contribution in [0.3, 0.4) is 0 Å². The predicted molar refractivity (Wildman–Crippen MR) is 67.3 cm³/mol. The van der Waals surface area contributed by atoms with E-state index in [1.807, 2.05) is 0 Å². The molecule has 20 heavy (non-hydrogen) atoms. The van der Waals surface area contributed by atoms with E-state index in [0.29, 0.717) is 5.56 Å². The summed E-state index contributed by atoms with van der Waals surface area (Å²) in [7, 11) is 0. The third-order valence-corrected chi connectivity index (χ3v) is 2.81. The first kappa shape index (κ1) is 13.9. The molecule has 1 saturated heterocycles. The van der Waals surface area contributed by atoms with Gasteiger partial charge in [0.2, 0.25) is 0 Å². The Morgan fingerprint density at radius 2 is 2.00 bits per heavy atom. The largest absolute Gasteiger partial charge is 0.362 e. The van der Waals surface area contributed by atoms with Crippen LogP contribution in [0.25, 0.3) is 0 Å². The van der Waals surface area contributed by atoms with Crippen molar-refractivity contribution in [3.05, 3.63) is 33.9 Å². The van der Waals surface area contributed by atoms with E-state index < -0.39 is 16.7 Å². The summed E-state index contributed by atoms with van der Waals surface area (Å²) in [5, 5.41) is 10.8. The van der Waals surface area contributed by atoms with Crippen LogP contribution in [0.15, 0.2) is 18.2 Å². The molecule has 2 rings (SSSR count). The number of imide groups is 1. The molecule has 0 aromatic heterocycles. The summed E-state index contributed by atoms with van der Waals surface area (Å²) in [6, 6.07) is 4.16. The molecule has 0 saturated carbocycles. The lowest BCUT2D eigenvalue weighted by atomic mass is 10.1. The van der Waals surface area contributed by atoms with E-state index in [1.54, 1.807) is 0 Å². The highest BCUT2D eigenvalue weighted by Crippen LogP contribution is 2.25. The molecule has 0 spiro atoms. The molecule has 3 N–H and O–H groups in total. The smallest absolute Gasteiger partial charge is 0.293 e. The number of amides is 2. The lowest BCUT2D eigenvalue weighted by Crippen LogP contribution is -2.45. The molecule has 1 aromatic rings. The molecule has 106 valence electrons. The molecule has 1 fully saturated rings. The second-order valence-electron chi connectivity index (χ2n) is 4.12. The van der Waals surface area contributed by atoms with Gasteiger partial charge in [0.25, 0.3) is 17.5 Å². The van der Waals surface area contributed by atoms with Crippen molar-refractivity contribution in [3.8, 4) is 0 Å². The minimum atomic E-state index is -0.579. The van der Waals surface area contributed by atoms with E-state index in [0.717, 1.165) is 4.90 Å². The molecule has 0 aliphatic carbocycles. The Kier molecular flexibility index (Phi) is 3.91. The highest BCUT2D eigenvalue weighted by atomic mass is 16.6. The average Bonchev–Trinajstić information content (AvgIpc) is 2.42. The Morgan fingerprint density at radius 1 is 1.35 bits per heavy atom. The number of benzene rings is 1. The van der Waals surface area contributed by atoms with Crippen molar-refractivity contribution in [2.45, 2.75) is 6.54 Å². The summed E-state index contributed by atoms with van der Waals surface area (Å²) in [5.41, 5.74) is 2.70. The second kappa shape index (κ2) is 5.63. The first-order valence-electron chi connectivity index (χ1n) is 5.68. The minimum absolute atomic E-state index is 0.0215. The summed E-state index contributed by atoms with van der Waals surface area (Å²) in [4.78, 5) is 34.4. The van der Waals surface area contributed by atoms with Crippen LogP contribution in [0.1, 0.15) is 5.56 Å². The number of nitrogen functional groups attached to an aromatic ring is 1. The van der Waals surface area contributed by atoms with E-state index in [2.05, 4.69) is 5.43 Å². The van der Waals surface area contributed by atoms with Gasteiger partial charge in [-0.15, -0.1) is 0 Å². The Balaban J connectivity index is 2.23. The van der Waals surface area contributed by atoms with Crippen LogP contribution in [0.4, 0.5) is 11.4 Å². The fourth-order valence-corrected chi connectivity index (χ4v) is 1.84. The van der Waals surface area contributed by atoms with Gasteiger partial charge in [0.15, 0.2) is 0 Å². The third-order valence-electron chi connectivity index (χ3n) is 2.81. The Labute approximate surface area is 113 Å². The lowest BCUT2D eigenvalue weighted by Gasteiger charge is -2.25. The number of morpholine rings is 1. The molecule has 1 aromatic carbocycles. The van der Waals surface area contributed by atoms with Crippen molar-refractivity contribution in [1.29, 1.82) is 0 Å². The number of nitrogens with two attached hydrogens (primary N) is 1. The van der Waals surface area contributed by atoms with Crippen LogP contribution in [0.2, 0.25) is 0 Å². The van der Waals surface area contributed by atoms with E-state index in [4.69, 9.17) is 10.6 Å². The monoisotopic (exact) mass is 280 g/mol. The van der Waals surface area contributed by atoms with Crippen molar-refractivity contribution in [2.24, 2.45) is 5.84 Å². The molecule has 9 heteroatoms. The van der Waals surface area contributed by atoms with Crippen LogP contribution in [-0.2, 0) is 20.9 Å². The van der Waals surface area contributed by atoms with Crippen LogP contribution in [0, 0.1) is 10.1 Å². The zero-order valence-electron chi connectivity index (χ0n) is 10.4. The standard InChI is InChI=1S/C11H12N4O5/c12-13-8-3-7(1-2-9(8)15(18)19)4-14-10(16)5-20-6-11(14)17/h1-3,13H,4-6,12H2. The van der Waals surface area contributed by atoms with Crippen molar-refractivity contribution < 1.29 is 19.2 Å². The van der Waals surface area contributed by atoms with Gasteiger partial charge in [-0.2, -0.15) is 0 Å². The minimum Gasteiger partial charge on any atom is -0.362 e. The number of carbonyl (C=O) groups is 2. The molecule has 9 nitrogen and oxygen atoms in total. The number of nitrogens with one attached hydrogen (secondary N) is 1. The number of hydrogen-bond donors (Lipinski definition) is 2. The summed E-state index contributed by atoms with van der Waals surface area (Å²) in [5.74, 6) is 4.34. The van der Waals surface area contributed by atoms with E-state index in [-0.39, 0.29) is 31.1 Å². The van der Waals surface area contributed by atoms with Gasteiger partial charge in [0, 0.05) is 6.07 Å². The third kappa shape index (κ3) is 2.73. The second-order valence-corrected chi connectivity index (χ2v) is 4.12. The SMILES string of the molecule is NNc1cc(CN2C(=O)COCC2=O)ccc1[N+](=O)[O-]. The van der Waals surface area contributed by atoms with Crippen molar-refractivity contribution in [1.82, 2.24) is 4.90 Å². The van der Waals surface area contributed by atoms with E-state index >= 15 is 0 Å². The normalized spacial score (nSPS) is 15.3. The maximum atomic E-state index is 11.6. The van der Waals surface area contributed by atoms with Crippen LogP contribution in [-0.4, -0.2) is 34.9 Å². The number of ether oxygens (including phenoxy) is 1. The van der Waals surface area contributed by atoms with Gasteiger partial charge in [0.05, 0.1) is 11.5 Å². The topological polar surface area (TPSA) is 128 Å². The van der Waals surface area contributed by atoms with E-state index in [9.17, 15) is 19.7 Å². The zero-order chi connectivity index (χ0) is 14.7. The molecule has 0 unspecified atom stereocenters. The maximum absolute atomic E-state index is 11.6. The first-order valence-corrected chi connectivity index (χ1v) is 5.68. The molecular weight excluding hydrogens is 268 g/mol. The highest BCUT2D eigenvalue weighted by molar-refractivity contribution is 5.98. The molecule has 1 aliphatic rings. The molecule has 0 atom stereocenters. The number of hydrazine groups is 1. The summed E-state index contributed by atoms with van der Waals surface area (Å²) < 4.78 is 4.80. The van der Waals surface area contributed by atoms with Gasteiger partial charge >= 0.3 is 0 Å². The maximum Gasteiger partial charge on any atom is 0.293 e. The quantitative estimate of drug-likeness (QED) is 0.337. The Hall–Kier alpha value is -2.52. The number of rotatable bonds is 4. The summed E-state index contributed by atoms with van der Waals surface area (Å²) in [6.07, 6.45) is 0. The fourth-order valence-electron chi connectivity index (χ4n) is 1.84. The average molecular weight is 280 g/mol. The molecule has 0 bridgehead atoms. The van der Waals surface area contributed by atoms with Gasteiger partial charge in [-0.25, -0.2) is 0 Å². The van der Waals surface area contributed by atoms with Gasteiger partial charge in [-0.3, -0.25) is 30.4 Å². The number of nitro benzene ring substituents is 1. The molecule has 1 aliphatic heterocycles. The van der Waals surface area contributed by atoms with Crippen molar-refractivity contribution >= 4 is 23.2 Å². The predicted octanol–water partition coefficient (Wildman–Crippen LogP) is -0.234. The zero-order valence-corrected chi connectivity index (χ0v) is 10.4. The van der Waals surface area contributed by atoms with Gasteiger partial charge < -0.3 is 10.2 Å². The van der Waals surface area contributed by atoms with Crippen LogP contribution >= 0.6 is 0 Å². The number of anilines is 1. The molecule has 1 heterocycles. The Bertz CT molecular complexity index is 558. The van der Waals surface area contributed by atoms with Gasteiger partial charge in [-0.1, -0.05) is 6.07 Å². The first-order chi connectivity index (χ1) is 9.52. The van der Waals surface area contributed by atoms with Crippen molar-refractivity contribution in [2.75, 3.05) is 18.6 Å². The molecular formula is C11H12N4O5. The van der Waals surface area contributed by atoms with Crippen LogP contribution < -0.4 is 11.3 Å². The number of nitro groups is 1. The van der Waals surface area contributed by atoms with Gasteiger partial charge in [-0.05, 0) is 11.6 Å². The fraction of sp³-hybridized carbons (Fsp3) is 0.273. The Morgan fingerprint density at radius 3 is 2.55 bits per heavy atom. The van der Waals surface area contributed by atoms with Crippen molar-refractivity contribution in [3.63, 3.8) is 0 Å².